The predicted octanol–water partition coefficient (Wildman–Crippen LogP) is 3.09. The minimum Gasteiger partial charge on any atom is -0.497 e. The van der Waals surface area contributed by atoms with Crippen molar-refractivity contribution in [1.82, 2.24) is 0 Å². The molecule has 1 aromatic rings. The summed E-state index contributed by atoms with van der Waals surface area (Å²) in [5.74, 6) is 1.63. The number of hydrogen-bond acceptors (Lipinski definition) is 2. The van der Waals surface area contributed by atoms with Crippen LogP contribution in [0.15, 0.2) is 18.2 Å². The molecule has 0 saturated heterocycles. The number of Topliss-reactive ketones (excluding diaryl/α,β-unsaturated/α-hetero) is 1. The molecule has 2 nitrogen and oxygen atoms in total. The SMILES string of the molecule is COc1ccc2c(c1)CCCC2CC(C)=O. The zero-order chi connectivity index (χ0) is 11.5. The second-order valence-electron chi connectivity index (χ2n) is 4.56. The van der Waals surface area contributed by atoms with E-state index in [9.17, 15) is 4.79 Å². The highest BCUT2D eigenvalue weighted by molar-refractivity contribution is 5.76. The Labute approximate surface area is 96.6 Å². The van der Waals surface area contributed by atoms with E-state index >= 15 is 0 Å². The van der Waals surface area contributed by atoms with Gasteiger partial charge in [0.1, 0.15) is 11.5 Å². The number of carbonyl (C=O) groups is 1. The van der Waals surface area contributed by atoms with Crippen molar-refractivity contribution in [3.05, 3.63) is 29.3 Å². The Hall–Kier alpha value is -1.31. The quantitative estimate of drug-likeness (QED) is 0.779. The number of ether oxygens (including phenoxy) is 1. The molecule has 0 N–H and O–H groups in total. The highest BCUT2D eigenvalue weighted by Crippen LogP contribution is 2.35. The maximum Gasteiger partial charge on any atom is 0.130 e. The zero-order valence-corrected chi connectivity index (χ0v) is 9.95. The van der Waals surface area contributed by atoms with E-state index in [0.717, 1.165) is 18.6 Å². The van der Waals surface area contributed by atoms with Crippen molar-refractivity contribution in [2.75, 3.05) is 7.11 Å². The van der Waals surface area contributed by atoms with Crippen LogP contribution in [0.1, 0.15) is 43.2 Å². The van der Waals surface area contributed by atoms with Crippen LogP contribution in [0.2, 0.25) is 0 Å². The first kappa shape index (κ1) is 11.2. The highest BCUT2D eigenvalue weighted by Gasteiger charge is 2.21. The lowest BCUT2D eigenvalue weighted by molar-refractivity contribution is -0.117. The molecule has 1 aromatic carbocycles. The van der Waals surface area contributed by atoms with Crippen LogP contribution in [0, 0.1) is 0 Å². The summed E-state index contributed by atoms with van der Waals surface area (Å²) in [5.41, 5.74) is 2.71. The molecule has 0 aliphatic heterocycles. The average Bonchev–Trinajstić information content (AvgIpc) is 2.28. The van der Waals surface area contributed by atoms with Crippen molar-refractivity contribution < 1.29 is 9.53 Å². The van der Waals surface area contributed by atoms with Crippen LogP contribution in [-0.4, -0.2) is 12.9 Å². The number of hydrogen-bond donors (Lipinski definition) is 0. The molecule has 0 amide bonds. The summed E-state index contributed by atoms with van der Waals surface area (Å²) in [6.45, 7) is 1.68. The van der Waals surface area contributed by atoms with Crippen molar-refractivity contribution in [3.8, 4) is 5.75 Å². The van der Waals surface area contributed by atoms with Gasteiger partial charge in [-0.2, -0.15) is 0 Å². The zero-order valence-electron chi connectivity index (χ0n) is 9.95. The lowest BCUT2D eigenvalue weighted by atomic mass is 9.80. The van der Waals surface area contributed by atoms with Gasteiger partial charge in [-0.15, -0.1) is 0 Å². The molecule has 0 aromatic heterocycles. The van der Waals surface area contributed by atoms with Crippen molar-refractivity contribution in [3.63, 3.8) is 0 Å². The van der Waals surface area contributed by atoms with Gasteiger partial charge in [0.25, 0.3) is 0 Å². The van der Waals surface area contributed by atoms with Crippen LogP contribution >= 0.6 is 0 Å². The third kappa shape index (κ3) is 2.26. The first-order valence-electron chi connectivity index (χ1n) is 5.87. The van der Waals surface area contributed by atoms with Crippen LogP contribution in [0.3, 0.4) is 0 Å². The van der Waals surface area contributed by atoms with E-state index in [-0.39, 0.29) is 5.78 Å². The fraction of sp³-hybridized carbons (Fsp3) is 0.500. The topological polar surface area (TPSA) is 26.3 Å². The molecular weight excluding hydrogens is 200 g/mol. The minimum atomic E-state index is 0.286. The van der Waals surface area contributed by atoms with Crippen LogP contribution in [0.25, 0.3) is 0 Å². The van der Waals surface area contributed by atoms with E-state index in [1.54, 1.807) is 14.0 Å². The molecule has 1 aliphatic carbocycles. The maximum atomic E-state index is 11.2. The third-order valence-electron chi connectivity index (χ3n) is 3.32. The highest BCUT2D eigenvalue weighted by atomic mass is 16.5. The van der Waals surface area contributed by atoms with Crippen LogP contribution < -0.4 is 4.74 Å². The Kier molecular flexibility index (Phi) is 3.28. The number of carbonyl (C=O) groups excluding carboxylic acids is 1. The summed E-state index contributed by atoms with van der Waals surface area (Å²) < 4.78 is 5.23. The first-order chi connectivity index (χ1) is 7.70. The lowest BCUT2D eigenvalue weighted by Gasteiger charge is -2.25. The van der Waals surface area contributed by atoms with E-state index in [0.29, 0.717) is 12.3 Å². The molecule has 2 heteroatoms. The molecule has 2 rings (SSSR count). The van der Waals surface area contributed by atoms with Crippen molar-refractivity contribution >= 4 is 5.78 Å². The number of ketones is 1. The number of fused-ring (bicyclic) bond motifs is 1. The van der Waals surface area contributed by atoms with Gasteiger partial charge in [0.2, 0.25) is 0 Å². The molecule has 0 fully saturated rings. The number of benzene rings is 1. The van der Waals surface area contributed by atoms with Crippen molar-refractivity contribution in [1.29, 1.82) is 0 Å². The summed E-state index contributed by atoms with van der Waals surface area (Å²) >= 11 is 0. The summed E-state index contributed by atoms with van der Waals surface area (Å²) in [5, 5.41) is 0. The van der Waals surface area contributed by atoms with Gasteiger partial charge in [0, 0.05) is 6.42 Å². The molecular formula is C14H18O2. The van der Waals surface area contributed by atoms with Gasteiger partial charge in [-0.05, 0) is 55.4 Å². The van der Waals surface area contributed by atoms with E-state index in [2.05, 4.69) is 12.1 Å². The first-order valence-corrected chi connectivity index (χ1v) is 5.87. The Morgan fingerprint density at radius 2 is 2.31 bits per heavy atom. The number of methoxy groups -OCH3 is 1. The standard InChI is InChI=1S/C14H18O2/c1-10(15)8-11-4-3-5-12-9-13(16-2)6-7-14(11)12/h6-7,9,11H,3-5,8H2,1-2H3. The smallest absolute Gasteiger partial charge is 0.130 e. The molecule has 0 heterocycles. The van der Waals surface area contributed by atoms with E-state index in [4.69, 9.17) is 4.74 Å². The largest absolute Gasteiger partial charge is 0.497 e. The second kappa shape index (κ2) is 4.69. The molecule has 1 atom stereocenters. The Morgan fingerprint density at radius 1 is 1.50 bits per heavy atom. The van der Waals surface area contributed by atoms with E-state index < -0.39 is 0 Å². The fourth-order valence-electron chi connectivity index (χ4n) is 2.58. The summed E-state index contributed by atoms with van der Waals surface area (Å²) in [7, 11) is 1.69. The average molecular weight is 218 g/mol. The van der Waals surface area contributed by atoms with Gasteiger partial charge >= 0.3 is 0 Å². The van der Waals surface area contributed by atoms with Gasteiger partial charge in [0.15, 0.2) is 0 Å². The van der Waals surface area contributed by atoms with Crippen LogP contribution in [0.4, 0.5) is 0 Å². The van der Waals surface area contributed by atoms with Gasteiger partial charge in [-0.1, -0.05) is 6.07 Å². The molecule has 0 bridgehead atoms. The molecule has 1 aliphatic rings. The molecule has 0 saturated carbocycles. The van der Waals surface area contributed by atoms with Gasteiger partial charge in [0.05, 0.1) is 7.11 Å². The van der Waals surface area contributed by atoms with Crippen molar-refractivity contribution in [2.45, 2.75) is 38.5 Å². The Bertz CT molecular complexity index is 396. The van der Waals surface area contributed by atoms with E-state index in [1.165, 1.54) is 17.5 Å². The molecule has 16 heavy (non-hydrogen) atoms. The summed E-state index contributed by atoms with van der Waals surface area (Å²) in [4.78, 5) is 11.2. The second-order valence-corrected chi connectivity index (χ2v) is 4.56. The van der Waals surface area contributed by atoms with Crippen LogP contribution in [-0.2, 0) is 11.2 Å². The maximum absolute atomic E-state index is 11.2. The Morgan fingerprint density at radius 3 is 3.00 bits per heavy atom. The monoisotopic (exact) mass is 218 g/mol. The number of rotatable bonds is 3. The molecule has 0 spiro atoms. The molecule has 1 unspecified atom stereocenters. The van der Waals surface area contributed by atoms with Crippen LogP contribution in [0.5, 0.6) is 5.75 Å². The van der Waals surface area contributed by atoms with Gasteiger partial charge in [-0.3, -0.25) is 0 Å². The molecule has 86 valence electrons. The fourth-order valence-corrected chi connectivity index (χ4v) is 2.58. The summed E-state index contributed by atoms with van der Waals surface area (Å²) in [6, 6.07) is 6.24. The lowest BCUT2D eigenvalue weighted by Crippen LogP contribution is -2.12. The molecule has 0 radical (unpaired) electrons. The normalized spacial score (nSPS) is 19.0. The minimum absolute atomic E-state index is 0.286. The van der Waals surface area contributed by atoms with E-state index in [1.807, 2.05) is 6.07 Å². The van der Waals surface area contributed by atoms with Gasteiger partial charge < -0.3 is 9.53 Å². The van der Waals surface area contributed by atoms with Gasteiger partial charge in [-0.25, -0.2) is 0 Å². The number of aryl methyl sites for hydroxylation is 1. The third-order valence-corrected chi connectivity index (χ3v) is 3.32. The predicted molar refractivity (Wildman–Crippen MR) is 64.0 cm³/mol. The summed E-state index contributed by atoms with van der Waals surface area (Å²) in [6.07, 6.45) is 4.11. The Balaban J connectivity index is 2.28. The van der Waals surface area contributed by atoms with Crippen molar-refractivity contribution in [2.24, 2.45) is 0 Å².